The molecule has 3 heterocycles. The number of allylic oxidation sites excluding steroid dienone is 1. The van der Waals surface area contributed by atoms with Crippen LogP contribution in [0.1, 0.15) is 145 Å². The summed E-state index contributed by atoms with van der Waals surface area (Å²) in [6.07, 6.45) is 8.09. The van der Waals surface area contributed by atoms with E-state index < -0.39 is 194 Å². The fraction of sp³-hybridized carbons (Fsp3) is 0.690. The number of nitrogens with zero attached hydrogens (tertiary/aromatic N) is 2. The summed E-state index contributed by atoms with van der Waals surface area (Å²) in [7, 11) is 0. The summed E-state index contributed by atoms with van der Waals surface area (Å²) in [4.78, 5) is 211. The SMILES string of the molecule is CCC(C)CCCCCC=CCC(=O)N[C@@H](CC(=O)O)C(=O)N[C@H](C(=O)N[C@@H](CC(=O)O)C(=O)NCC(=O)N[C@@H](CC(=O)O)C(=O)NCC(=O)N[C@@H](C(=O)N[C@H](C(=O)N1CCC[C@H]1C(=O)N[C@@H](C)[C@@H]1NC(=O)[C@H]2CCCCN2C1=O)C(C)C)[C@H](C)N)[C@@H](C)C(=O)O. The first-order valence-electron chi connectivity index (χ1n) is 30.6. The number of piperazine rings is 1. The average Bonchev–Trinajstić information content (AvgIpc) is 4.03. The van der Waals surface area contributed by atoms with Crippen molar-refractivity contribution in [1.82, 2.24) is 63.0 Å². The second-order valence-electron chi connectivity index (χ2n) is 23.6. The average molecular weight is 1290 g/mol. The molecular formula is C58H91N13O20. The number of amides is 12. The van der Waals surface area contributed by atoms with Gasteiger partial charge in [0.2, 0.25) is 70.9 Å². The molecule has 91 heavy (non-hydrogen) atoms. The van der Waals surface area contributed by atoms with Gasteiger partial charge in [0.15, 0.2) is 0 Å². The molecule has 1 unspecified atom stereocenters. The van der Waals surface area contributed by atoms with E-state index in [2.05, 4.69) is 45.7 Å². The molecule has 33 nitrogen and oxygen atoms in total. The van der Waals surface area contributed by atoms with Crippen LogP contribution in [0.3, 0.4) is 0 Å². The molecule has 16 N–H and O–H groups in total. The Hall–Kier alpha value is -8.78. The number of hydrogen-bond donors (Lipinski definition) is 15. The second-order valence-corrected chi connectivity index (χ2v) is 23.6. The van der Waals surface area contributed by atoms with Gasteiger partial charge in [-0.2, -0.15) is 0 Å². The normalized spacial score (nSPS) is 19.6. The van der Waals surface area contributed by atoms with Crippen molar-refractivity contribution in [1.29, 1.82) is 0 Å². The lowest BCUT2D eigenvalue weighted by Crippen LogP contribution is -2.69. The van der Waals surface area contributed by atoms with Crippen LogP contribution in [0.5, 0.6) is 0 Å². The van der Waals surface area contributed by atoms with Gasteiger partial charge >= 0.3 is 23.9 Å². The highest BCUT2D eigenvalue weighted by molar-refractivity contribution is 6.01. The number of piperidine rings is 1. The van der Waals surface area contributed by atoms with Crippen LogP contribution in [0.2, 0.25) is 0 Å². The molecule has 3 aliphatic heterocycles. The summed E-state index contributed by atoms with van der Waals surface area (Å²) in [6, 6.07) is -15.5. The van der Waals surface area contributed by atoms with Crippen molar-refractivity contribution in [3.05, 3.63) is 12.2 Å². The molecule has 0 aromatic rings. The van der Waals surface area contributed by atoms with Crippen LogP contribution in [0.25, 0.3) is 0 Å². The van der Waals surface area contributed by atoms with Crippen molar-refractivity contribution < 1.29 is 97.1 Å². The van der Waals surface area contributed by atoms with E-state index in [0.717, 1.165) is 51.9 Å². The van der Waals surface area contributed by atoms with Gasteiger partial charge in [-0.1, -0.05) is 65.5 Å². The number of fused-ring (bicyclic) bond motifs is 1. The summed E-state index contributed by atoms with van der Waals surface area (Å²) >= 11 is 0. The van der Waals surface area contributed by atoms with Crippen molar-refractivity contribution in [3.8, 4) is 0 Å². The number of carboxylic acid groups (broad SMARTS) is 4. The molecule has 0 saturated carbocycles. The minimum atomic E-state index is -2.14. The molecule has 3 aliphatic rings. The fourth-order valence-corrected chi connectivity index (χ4v) is 10.4. The molecule has 33 heteroatoms. The number of aliphatic carboxylic acids is 4. The number of rotatable bonds is 38. The molecule has 13 atom stereocenters. The first kappa shape index (κ1) is 76.5. The Morgan fingerprint density at radius 1 is 0.593 bits per heavy atom. The maximum Gasteiger partial charge on any atom is 0.308 e. The predicted octanol–water partition coefficient (Wildman–Crippen LogP) is -3.41. The quantitative estimate of drug-likeness (QED) is 0.0212. The van der Waals surface area contributed by atoms with Crippen molar-refractivity contribution in [2.24, 2.45) is 23.5 Å². The molecule has 0 radical (unpaired) electrons. The van der Waals surface area contributed by atoms with E-state index in [1.807, 2.05) is 21.3 Å². The molecule has 3 rings (SSSR count). The van der Waals surface area contributed by atoms with E-state index in [1.165, 1.54) is 22.8 Å². The van der Waals surface area contributed by atoms with Gasteiger partial charge in [-0.25, -0.2) is 0 Å². The van der Waals surface area contributed by atoms with Gasteiger partial charge < -0.3 is 89.1 Å². The number of carbonyl (C=O) groups excluding carboxylic acids is 12. The number of likely N-dealkylation sites (tertiary alicyclic amines) is 1. The highest BCUT2D eigenvalue weighted by Gasteiger charge is 2.46. The molecule has 508 valence electrons. The standard InChI is InChI=1S/C58H91N13O20/c1-8-30(4)18-13-11-9-10-12-14-21-39(72)63-36(26-44(79)80)51(83)68-46(31(5)58(90)91)54(86)65-35(25-43(77)78)50(82)60-27-40(73)64-34(24-42(75)76)49(81)61-28-41(74)66-47(32(6)59)55(87)67-45(29(2)3)56(88)71-23-17-20-38(71)52(84)62-33(7)48-57(89)70-22-16-15-19-37(70)53(85)69-48/h12,14,29-38,45-48H,8-11,13,15-28,59H2,1-7H3,(H,60,82)(H,61,81)(H,62,84)(H,63,72)(H,64,73)(H,65,86)(H,66,74)(H,67,87)(H,68,83)(H,69,85)(H,75,76)(H,77,78)(H,79,80)(H,90,91)/t30?,31-,32+,33+,34+,35+,36+,37-,38+,45+,46+,47-,48+/m1/s1. The zero-order chi connectivity index (χ0) is 68.4. The van der Waals surface area contributed by atoms with Gasteiger partial charge in [0, 0.05) is 25.6 Å². The molecule has 0 aromatic heterocycles. The molecule has 3 fully saturated rings. The number of hydrogen-bond acceptors (Lipinski definition) is 17. The van der Waals surface area contributed by atoms with Crippen LogP contribution < -0.4 is 58.9 Å². The van der Waals surface area contributed by atoms with Gasteiger partial charge in [0.1, 0.15) is 54.4 Å². The first-order chi connectivity index (χ1) is 42.8. The Morgan fingerprint density at radius 3 is 1.70 bits per heavy atom. The molecule has 0 aromatic carbocycles. The predicted molar refractivity (Wildman–Crippen MR) is 320 cm³/mol. The van der Waals surface area contributed by atoms with Crippen molar-refractivity contribution in [3.63, 3.8) is 0 Å². The minimum absolute atomic E-state index is 0.127. The maximum absolute atomic E-state index is 14.1. The summed E-state index contributed by atoms with van der Waals surface area (Å²) < 4.78 is 0. The van der Waals surface area contributed by atoms with Crippen LogP contribution >= 0.6 is 0 Å². The third kappa shape index (κ3) is 24.8. The topological polar surface area (TPSA) is 507 Å². The molecular weight excluding hydrogens is 1200 g/mol. The van der Waals surface area contributed by atoms with E-state index in [4.69, 9.17) is 5.73 Å². The highest BCUT2D eigenvalue weighted by Crippen LogP contribution is 2.25. The Kier molecular flexibility index (Phi) is 31.4. The molecule has 0 bridgehead atoms. The number of nitrogens with two attached hydrogens (primary N) is 1. The second kappa shape index (κ2) is 37.4. The summed E-state index contributed by atoms with van der Waals surface area (Å²) in [5.41, 5.74) is 6.09. The van der Waals surface area contributed by atoms with Crippen molar-refractivity contribution in [2.75, 3.05) is 26.2 Å². The van der Waals surface area contributed by atoms with Crippen molar-refractivity contribution >= 4 is 94.8 Å². The first-order valence-corrected chi connectivity index (χ1v) is 30.6. The smallest absolute Gasteiger partial charge is 0.308 e. The molecule has 12 amide bonds. The lowest BCUT2D eigenvalue weighted by Gasteiger charge is -2.43. The van der Waals surface area contributed by atoms with E-state index >= 15 is 0 Å². The van der Waals surface area contributed by atoms with Crippen LogP contribution in [0.15, 0.2) is 12.2 Å². The van der Waals surface area contributed by atoms with E-state index in [-0.39, 0.29) is 31.2 Å². The van der Waals surface area contributed by atoms with E-state index in [9.17, 15) is 97.1 Å². The fourth-order valence-electron chi connectivity index (χ4n) is 10.4. The van der Waals surface area contributed by atoms with Gasteiger partial charge in [0.05, 0.1) is 44.3 Å². The van der Waals surface area contributed by atoms with Crippen LogP contribution in [0.4, 0.5) is 0 Å². The summed E-state index contributed by atoms with van der Waals surface area (Å²) in [6.45, 7) is 9.84. The summed E-state index contributed by atoms with van der Waals surface area (Å²) in [5, 5.41) is 61.3. The third-order valence-electron chi connectivity index (χ3n) is 15.8. The van der Waals surface area contributed by atoms with E-state index in [0.29, 0.717) is 31.7 Å². The lowest BCUT2D eigenvalue weighted by molar-refractivity contribution is -0.152. The largest absolute Gasteiger partial charge is 0.481 e. The number of carbonyl (C=O) groups is 16. The Labute approximate surface area is 526 Å². The van der Waals surface area contributed by atoms with E-state index in [1.54, 1.807) is 26.8 Å². The number of unbranched alkanes of at least 4 members (excludes halogenated alkanes) is 3. The summed E-state index contributed by atoms with van der Waals surface area (Å²) in [5.74, 6) is -19.9. The molecule has 0 aliphatic carbocycles. The van der Waals surface area contributed by atoms with Gasteiger partial charge in [0.25, 0.3) is 0 Å². The maximum atomic E-state index is 14.1. The molecule has 0 spiro atoms. The number of nitrogens with one attached hydrogen (secondary N) is 10. The Morgan fingerprint density at radius 2 is 1.14 bits per heavy atom. The lowest BCUT2D eigenvalue weighted by atomic mass is 9.94. The van der Waals surface area contributed by atoms with Crippen LogP contribution in [-0.4, -0.2) is 218 Å². The van der Waals surface area contributed by atoms with Gasteiger partial charge in [-0.05, 0) is 77.6 Å². The zero-order valence-corrected chi connectivity index (χ0v) is 52.5. The Bertz CT molecular complexity index is 2710. The number of carboxylic acids is 4. The van der Waals surface area contributed by atoms with Crippen LogP contribution in [-0.2, 0) is 76.7 Å². The Balaban J connectivity index is 1.61. The highest BCUT2D eigenvalue weighted by atomic mass is 16.4. The monoisotopic (exact) mass is 1290 g/mol. The van der Waals surface area contributed by atoms with Gasteiger partial charge in [-0.3, -0.25) is 76.7 Å². The third-order valence-corrected chi connectivity index (χ3v) is 15.8. The molecule has 3 saturated heterocycles. The van der Waals surface area contributed by atoms with Gasteiger partial charge in [-0.15, -0.1) is 0 Å². The zero-order valence-electron chi connectivity index (χ0n) is 52.5. The minimum Gasteiger partial charge on any atom is -0.481 e. The van der Waals surface area contributed by atoms with Crippen molar-refractivity contribution in [2.45, 2.75) is 211 Å². The van der Waals surface area contributed by atoms with Crippen LogP contribution in [0, 0.1) is 17.8 Å².